The Balaban J connectivity index is 1.77. The van der Waals surface area contributed by atoms with Crippen molar-refractivity contribution < 1.29 is 14.6 Å². The van der Waals surface area contributed by atoms with Crippen LogP contribution in [0.2, 0.25) is 0 Å². The van der Waals surface area contributed by atoms with Crippen LogP contribution in [0.15, 0.2) is 0 Å². The second-order valence-corrected chi connectivity index (χ2v) is 6.28. The van der Waals surface area contributed by atoms with Crippen molar-refractivity contribution in [1.82, 2.24) is 0 Å². The van der Waals surface area contributed by atoms with Crippen LogP contribution < -0.4 is 0 Å². The number of hydrogen-bond acceptors (Lipinski definition) is 3. The SMILES string of the molecule is CCO[C@@H]1C[C@H]2[C@H](CC[C@]3(C)CCC(O)[C@H]23)O1. The van der Waals surface area contributed by atoms with Crippen molar-refractivity contribution in [3.05, 3.63) is 0 Å². The van der Waals surface area contributed by atoms with Crippen LogP contribution in [0.1, 0.15) is 46.0 Å². The van der Waals surface area contributed by atoms with Crippen LogP contribution in [0.25, 0.3) is 0 Å². The van der Waals surface area contributed by atoms with E-state index in [1.54, 1.807) is 0 Å². The lowest BCUT2D eigenvalue weighted by molar-refractivity contribution is -0.140. The highest BCUT2D eigenvalue weighted by Crippen LogP contribution is 2.57. The molecule has 3 fully saturated rings. The van der Waals surface area contributed by atoms with E-state index in [1.807, 2.05) is 6.92 Å². The molecular weight excluding hydrogens is 216 g/mol. The third-order valence-electron chi connectivity index (χ3n) is 5.31. The van der Waals surface area contributed by atoms with Gasteiger partial charge >= 0.3 is 0 Å². The Morgan fingerprint density at radius 1 is 1.35 bits per heavy atom. The minimum Gasteiger partial charge on any atom is -0.393 e. The number of hydrogen-bond donors (Lipinski definition) is 1. The molecule has 0 aromatic heterocycles. The van der Waals surface area contributed by atoms with E-state index in [9.17, 15) is 5.11 Å². The largest absolute Gasteiger partial charge is 0.393 e. The van der Waals surface area contributed by atoms with E-state index in [2.05, 4.69) is 6.92 Å². The van der Waals surface area contributed by atoms with Gasteiger partial charge in [0.15, 0.2) is 6.29 Å². The maximum Gasteiger partial charge on any atom is 0.158 e. The number of aliphatic hydroxyl groups is 1. The molecule has 1 unspecified atom stereocenters. The smallest absolute Gasteiger partial charge is 0.158 e. The fraction of sp³-hybridized carbons (Fsp3) is 1.00. The first-order chi connectivity index (χ1) is 8.14. The van der Waals surface area contributed by atoms with E-state index >= 15 is 0 Å². The summed E-state index contributed by atoms with van der Waals surface area (Å²) in [5.74, 6) is 0.953. The summed E-state index contributed by atoms with van der Waals surface area (Å²) < 4.78 is 11.6. The second kappa shape index (κ2) is 4.22. The lowest BCUT2D eigenvalue weighted by Crippen LogP contribution is -2.43. The Morgan fingerprint density at radius 2 is 2.12 bits per heavy atom. The van der Waals surface area contributed by atoms with Gasteiger partial charge in [0, 0.05) is 13.0 Å². The molecule has 3 rings (SSSR count). The predicted molar refractivity (Wildman–Crippen MR) is 64.5 cm³/mol. The van der Waals surface area contributed by atoms with Gasteiger partial charge in [-0.2, -0.15) is 0 Å². The van der Waals surface area contributed by atoms with Crippen LogP contribution in [-0.2, 0) is 9.47 Å². The highest BCUT2D eigenvalue weighted by molar-refractivity contribution is 5.04. The minimum absolute atomic E-state index is 0.0230. The van der Waals surface area contributed by atoms with E-state index in [0.717, 1.165) is 19.3 Å². The molecule has 2 saturated carbocycles. The summed E-state index contributed by atoms with van der Waals surface area (Å²) >= 11 is 0. The number of ether oxygens (including phenoxy) is 2. The standard InChI is InChI=1S/C14H24O3/c1-3-16-12-8-9-11(17-12)5-7-14(2)6-4-10(15)13(9)14/h9-13,15H,3-8H2,1-2H3/t9-,10?,11-,12-,13-,14-/m0/s1. The Bertz CT molecular complexity index is 293. The first-order valence-electron chi connectivity index (χ1n) is 7.09. The van der Waals surface area contributed by atoms with Gasteiger partial charge in [-0.15, -0.1) is 0 Å². The first-order valence-corrected chi connectivity index (χ1v) is 7.09. The first kappa shape index (κ1) is 11.9. The highest BCUT2D eigenvalue weighted by atomic mass is 16.7. The monoisotopic (exact) mass is 240 g/mol. The summed E-state index contributed by atoms with van der Waals surface area (Å²) in [7, 11) is 0. The normalized spacial score (nSPS) is 53.5. The molecule has 1 aliphatic heterocycles. The zero-order valence-electron chi connectivity index (χ0n) is 10.9. The van der Waals surface area contributed by atoms with Crippen molar-refractivity contribution in [2.24, 2.45) is 17.3 Å². The highest BCUT2D eigenvalue weighted by Gasteiger charge is 2.56. The molecule has 98 valence electrons. The molecule has 3 heteroatoms. The third kappa shape index (κ3) is 1.83. The molecule has 3 aliphatic rings. The van der Waals surface area contributed by atoms with Crippen LogP contribution in [0.5, 0.6) is 0 Å². The van der Waals surface area contributed by atoms with Crippen LogP contribution in [0, 0.1) is 17.3 Å². The molecule has 0 aromatic carbocycles. The van der Waals surface area contributed by atoms with Crippen molar-refractivity contribution in [2.75, 3.05) is 6.61 Å². The molecule has 0 amide bonds. The lowest BCUT2D eigenvalue weighted by Gasteiger charge is -2.43. The molecule has 2 aliphatic carbocycles. The van der Waals surface area contributed by atoms with Crippen LogP contribution in [0.4, 0.5) is 0 Å². The van der Waals surface area contributed by atoms with Gasteiger partial charge in [0.2, 0.25) is 0 Å². The van der Waals surface area contributed by atoms with E-state index in [-0.39, 0.29) is 12.4 Å². The Morgan fingerprint density at radius 3 is 2.88 bits per heavy atom. The zero-order valence-corrected chi connectivity index (χ0v) is 10.9. The molecule has 6 atom stereocenters. The van der Waals surface area contributed by atoms with Gasteiger partial charge in [0.25, 0.3) is 0 Å². The molecule has 1 saturated heterocycles. The maximum atomic E-state index is 10.3. The predicted octanol–water partition coefficient (Wildman–Crippen LogP) is 2.33. The zero-order chi connectivity index (χ0) is 12.0. The fourth-order valence-electron chi connectivity index (χ4n) is 4.53. The topological polar surface area (TPSA) is 38.7 Å². The number of rotatable bonds is 2. The average Bonchev–Trinajstić information content (AvgIpc) is 2.80. The van der Waals surface area contributed by atoms with Crippen molar-refractivity contribution in [3.63, 3.8) is 0 Å². The number of aliphatic hydroxyl groups excluding tert-OH is 1. The Kier molecular flexibility index (Phi) is 2.96. The second-order valence-electron chi connectivity index (χ2n) is 6.28. The fourth-order valence-corrected chi connectivity index (χ4v) is 4.53. The molecule has 0 aromatic rings. The van der Waals surface area contributed by atoms with Gasteiger partial charge in [0.05, 0.1) is 12.2 Å². The number of fused-ring (bicyclic) bond motifs is 3. The van der Waals surface area contributed by atoms with Gasteiger partial charge in [0.1, 0.15) is 0 Å². The summed E-state index contributed by atoms with van der Waals surface area (Å²) in [6, 6.07) is 0. The molecule has 0 spiro atoms. The summed E-state index contributed by atoms with van der Waals surface area (Å²) in [6.45, 7) is 5.09. The summed E-state index contributed by atoms with van der Waals surface area (Å²) in [4.78, 5) is 0. The Labute approximate surface area is 103 Å². The lowest BCUT2D eigenvalue weighted by atomic mass is 9.62. The summed E-state index contributed by atoms with van der Waals surface area (Å²) in [5, 5.41) is 10.3. The molecule has 0 bridgehead atoms. The summed E-state index contributed by atoms with van der Waals surface area (Å²) in [5.41, 5.74) is 0.352. The van der Waals surface area contributed by atoms with E-state index in [1.165, 1.54) is 12.8 Å². The van der Waals surface area contributed by atoms with Gasteiger partial charge in [-0.3, -0.25) is 0 Å². The van der Waals surface area contributed by atoms with E-state index in [4.69, 9.17) is 9.47 Å². The quantitative estimate of drug-likeness (QED) is 0.805. The molecule has 0 radical (unpaired) electrons. The van der Waals surface area contributed by atoms with E-state index < -0.39 is 0 Å². The van der Waals surface area contributed by atoms with Crippen molar-refractivity contribution >= 4 is 0 Å². The van der Waals surface area contributed by atoms with Crippen LogP contribution in [0.3, 0.4) is 0 Å². The maximum absolute atomic E-state index is 10.3. The van der Waals surface area contributed by atoms with Crippen LogP contribution in [-0.4, -0.2) is 30.2 Å². The Hall–Kier alpha value is -0.120. The van der Waals surface area contributed by atoms with Gasteiger partial charge in [-0.05, 0) is 49.9 Å². The third-order valence-corrected chi connectivity index (χ3v) is 5.31. The summed E-state index contributed by atoms with van der Waals surface area (Å²) in [6.07, 6.45) is 5.68. The van der Waals surface area contributed by atoms with Crippen molar-refractivity contribution in [3.8, 4) is 0 Å². The van der Waals surface area contributed by atoms with Gasteiger partial charge in [-0.1, -0.05) is 6.92 Å². The molecule has 3 nitrogen and oxygen atoms in total. The van der Waals surface area contributed by atoms with E-state index in [0.29, 0.717) is 30.0 Å². The molecule has 17 heavy (non-hydrogen) atoms. The van der Waals surface area contributed by atoms with Crippen molar-refractivity contribution in [2.45, 2.75) is 64.4 Å². The average molecular weight is 240 g/mol. The van der Waals surface area contributed by atoms with Crippen LogP contribution >= 0.6 is 0 Å². The molecule has 1 heterocycles. The molecular formula is C14H24O3. The minimum atomic E-state index is -0.114. The molecule has 1 N–H and O–H groups in total. The van der Waals surface area contributed by atoms with Gasteiger partial charge in [-0.25, -0.2) is 0 Å². The van der Waals surface area contributed by atoms with Crippen molar-refractivity contribution in [1.29, 1.82) is 0 Å². The van der Waals surface area contributed by atoms with Gasteiger partial charge < -0.3 is 14.6 Å².